The lowest BCUT2D eigenvalue weighted by molar-refractivity contribution is 0.0211. The van der Waals surface area contributed by atoms with Gasteiger partial charge in [0.25, 0.3) is 0 Å². The fraction of sp³-hybridized carbons (Fsp3) is 0.227. The second kappa shape index (κ2) is 8.41. The monoisotopic (exact) mass is 436 g/mol. The van der Waals surface area contributed by atoms with E-state index >= 15 is 0 Å². The van der Waals surface area contributed by atoms with E-state index in [4.69, 9.17) is 26.1 Å². The molecule has 4 aromatic rings. The Labute approximate surface area is 184 Å². The van der Waals surface area contributed by atoms with Crippen molar-refractivity contribution in [1.82, 2.24) is 19.5 Å². The zero-order chi connectivity index (χ0) is 21.2. The highest BCUT2D eigenvalue weighted by atomic mass is 35.5. The maximum Gasteiger partial charge on any atom is 0.222 e. The van der Waals surface area contributed by atoms with Crippen LogP contribution in [0.3, 0.4) is 0 Å². The van der Waals surface area contributed by atoms with Gasteiger partial charge in [-0.1, -0.05) is 12.1 Å². The number of nitrogens with zero attached hydrogens (tertiary/aromatic N) is 4. The first kappa shape index (κ1) is 19.6. The minimum Gasteiger partial charge on any atom is -0.454 e. The highest BCUT2D eigenvalue weighted by Crippen LogP contribution is 2.24. The number of hydrogen-bond acceptors (Lipinski definition) is 7. The Morgan fingerprint density at radius 1 is 1.10 bits per heavy atom. The van der Waals surface area contributed by atoms with Gasteiger partial charge in [-0.05, 0) is 47.5 Å². The Balaban J connectivity index is 1.23. The third-order valence-corrected chi connectivity index (χ3v) is 5.29. The highest BCUT2D eigenvalue weighted by Gasteiger charge is 2.18. The largest absolute Gasteiger partial charge is 0.454 e. The molecule has 5 rings (SSSR count). The van der Waals surface area contributed by atoms with E-state index in [-0.39, 0.29) is 5.28 Å². The summed E-state index contributed by atoms with van der Waals surface area (Å²) < 4.78 is 13.0. The number of imidazole rings is 1. The third-order valence-electron chi connectivity index (χ3n) is 5.10. The molecule has 1 aliphatic heterocycles. The molecule has 0 atom stereocenters. The van der Waals surface area contributed by atoms with Crippen molar-refractivity contribution in [2.45, 2.75) is 12.6 Å². The summed E-state index contributed by atoms with van der Waals surface area (Å²) in [4.78, 5) is 12.5. The molecule has 1 fully saturated rings. The van der Waals surface area contributed by atoms with Gasteiger partial charge in [-0.25, -0.2) is 15.0 Å². The number of aryl methyl sites for hydroxylation is 1. The maximum absolute atomic E-state index is 5.73. The summed E-state index contributed by atoms with van der Waals surface area (Å²) in [5.74, 6) is 2.06. The topological polar surface area (TPSA) is 86.1 Å². The summed E-state index contributed by atoms with van der Waals surface area (Å²) in [7, 11) is 2.01. The van der Waals surface area contributed by atoms with Gasteiger partial charge in [0.1, 0.15) is 5.75 Å². The molecule has 0 radical (unpaired) electrons. The average Bonchev–Trinajstić information content (AvgIpc) is 3.07. The van der Waals surface area contributed by atoms with Crippen LogP contribution in [0.15, 0.2) is 54.9 Å². The third kappa shape index (κ3) is 4.40. The average molecular weight is 437 g/mol. The van der Waals surface area contributed by atoms with Crippen molar-refractivity contribution < 1.29 is 9.47 Å². The number of halogens is 1. The number of hydrogen-bond donors (Lipinski definition) is 2. The highest BCUT2D eigenvalue weighted by molar-refractivity contribution is 6.28. The van der Waals surface area contributed by atoms with Gasteiger partial charge in [0.2, 0.25) is 11.2 Å². The van der Waals surface area contributed by atoms with Crippen molar-refractivity contribution in [3.63, 3.8) is 0 Å². The van der Waals surface area contributed by atoms with E-state index in [0.29, 0.717) is 24.1 Å². The predicted octanol–water partition coefficient (Wildman–Crippen LogP) is 4.23. The number of nitrogens with one attached hydrogen (secondary N) is 2. The Hall–Kier alpha value is -3.36. The minimum absolute atomic E-state index is 0.191. The molecule has 158 valence electrons. The lowest BCUT2D eigenvalue weighted by Crippen LogP contribution is -2.40. The van der Waals surface area contributed by atoms with Gasteiger partial charge >= 0.3 is 0 Å². The number of rotatable bonds is 7. The van der Waals surface area contributed by atoms with Crippen LogP contribution in [-0.4, -0.2) is 38.8 Å². The SMILES string of the molecule is Cn1c(NCc2ccc(Oc3cnc(Cl)nc3)cc2)nc2ccc(NC3COC3)cc21. The Morgan fingerprint density at radius 3 is 2.58 bits per heavy atom. The molecule has 2 aromatic heterocycles. The molecule has 0 aliphatic carbocycles. The molecule has 2 N–H and O–H groups in total. The molecule has 0 spiro atoms. The fourth-order valence-corrected chi connectivity index (χ4v) is 3.44. The molecule has 8 nitrogen and oxygen atoms in total. The van der Waals surface area contributed by atoms with Crippen LogP contribution in [0.5, 0.6) is 11.5 Å². The van der Waals surface area contributed by atoms with Gasteiger partial charge < -0.3 is 24.7 Å². The number of benzene rings is 2. The predicted molar refractivity (Wildman–Crippen MR) is 120 cm³/mol. The molecular formula is C22H21ClN6O2. The van der Waals surface area contributed by atoms with Crippen LogP contribution in [0.4, 0.5) is 11.6 Å². The van der Waals surface area contributed by atoms with Crippen molar-refractivity contribution in [1.29, 1.82) is 0 Å². The molecule has 0 amide bonds. The maximum atomic E-state index is 5.73. The molecule has 3 heterocycles. The Kier molecular flexibility index (Phi) is 5.31. The van der Waals surface area contributed by atoms with Gasteiger partial charge in [0.05, 0.1) is 42.7 Å². The van der Waals surface area contributed by atoms with Crippen LogP contribution in [0.2, 0.25) is 5.28 Å². The van der Waals surface area contributed by atoms with Crippen LogP contribution in [0, 0.1) is 0 Å². The molecule has 2 aromatic carbocycles. The fourth-order valence-electron chi connectivity index (χ4n) is 3.34. The molecule has 0 bridgehead atoms. The second-order valence-corrected chi connectivity index (χ2v) is 7.70. The van der Waals surface area contributed by atoms with E-state index in [1.165, 1.54) is 12.4 Å². The van der Waals surface area contributed by atoms with Crippen molar-refractivity contribution in [2.24, 2.45) is 7.05 Å². The van der Waals surface area contributed by atoms with Crippen LogP contribution in [-0.2, 0) is 18.3 Å². The van der Waals surface area contributed by atoms with Crippen molar-refractivity contribution in [2.75, 3.05) is 23.8 Å². The minimum atomic E-state index is 0.191. The van der Waals surface area contributed by atoms with Gasteiger partial charge in [-0.3, -0.25) is 0 Å². The van der Waals surface area contributed by atoms with E-state index in [1.807, 2.05) is 37.4 Å². The van der Waals surface area contributed by atoms with Crippen molar-refractivity contribution in [3.8, 4) is 11.5 Å². The number of anilines is 2. The van der Waals surface area contributed by atoms with E-state index in [0.717, 1.165) is 41.4 Å². The van der Waals surface area contributed by atoms with Gasteiger partial charge in [0.15, 0.2) is 5.75 Å². The first-order chi connectivity index (χ1) is 15.1. The number of fused-ring (bicyclic) bond motifs is 1. The van der Waals surface area contributed by atoms with E-state index in [1.54, 1.807) is 0 Å². The molecule has 9 heteroatoms. The van der Waals surface area contributed by atoms with Crippen LogP contribution in [0.1, 0.15) is 5.56 Å². The second-order valence-electron chi connectivity index (χ2n) is 7.36. The van der Waals surface area contributed by atoms with Crippen LogP contribution in [0.25, 0.3) is 11.0 Å². The standard InChI is InChI=1S/C22H21ClN6O2/c1-29-20-8-15(27-16-12-30-13-16)4-7-19(20)28-22(29)26-9-14-2-5-17(6-3-14)31-18-10-24-21(23)25-11-18/h2-8,10-11,16,27H,9,12-13H2,1H3,(H,26,28). The van der Waals surface area contributed by atoms with Gasteiger partial charge in [0, 0.05) is 19.3 Å². The summed E-state index contributed by atoms with van der Waals surface area (Å²) >= 11 is 5.69. The first-order valence-corrected chi connectivity index (χ1v) is 10.3. The smallest absolute Gasteiger partial charge is 0.222 e. The molecule has 1 aliphatic rings. The number of ether oxygens (including phenoxy) is 2. The molecular weight excluding hydrogens is 416 g/mol. The van der Waals surface area contributed by atoms with Crippen LogP contribution < -0.4 is 15.4 Å². The Bertz CT molecular complexity index is 1190. The number of aromatic nitrogens is 4. The first-order valence-electron chi connectivity index (χ1n) is 9.93. The van der Waals surface area contributed by atoms with Crippen molar-refractivity contribution in [3.05, 3.63) is 65.7 Å². The van der Waals surface area contributed by atoms with E-state index < -0.39 is 0 Å². The summed E-state index contributed by atoms with van der Waals surface area (Å²) in [5.41, 5.74) is 4.21. The van der Waals surface area contributed by atoms with Crippen molar-refractivity contribution >= 4 is 34.3 Å². The Morgan fingerprint density at radius 2 is 1.87 bits per heavy atom. The molecule has 31 heavy (non-hydrogen) atoms. The van der Waals surface area contributed by atoms with E-state index in [2.05, 4.69) is 37.3 Å². The van der Waals surface area contributed by atoms with Gasteiger partial charge in [-0.2, -0.15) is 0 Å². The zero-order valence-electron chi connectivity index (χ0n) is 16.9. The molecule has 0 unspecified atom stereocenters. The normalized spacial score (nSPS) is 13.7. The quantitative estimate of drug-likeness (QED) is 0.419. The van der Waals surface area contributed by atoms with Gasteiger partial charge in [-0.15, -0.1) is 0 Å². The molecule has 0 saturated carbocycles. The molecule has 1 saturated heterocycles. The lowest BCUT2D eigenvalue weighted by Gasteiger charge is -2.27. The summed E-state index contributed by atoms with van der Waals surface area (Å²) in [6, 6.07) is 14.4. The lowest BCUT2D eigenvalue weighted by atomic mass is 10.2. The zero-order valence-corrected chi connectivity index (χ0v) is 17.6. The van der Waals surface area contributed by atoms with E-state index in [9.17, 15) is 0 Å². The summed E-state index contributed by atoms with van der Waals surface area (Å²) in [6.07, 6.45) is 3.08. The summed E-state index contributed by atoms with van der Waals surface area (Å²) in [6.45, 7) is 2.16. The summed E-state index contributed by atoms with van der Waals surface area (Å²) in [5, 5.41) is 7.08. The van der Waals surface area contributed by atoms with Crippen LogP contribution >= 0.6 is 11.6 Å².